The van der Waals surface area contributed by atoms with E-state index in [4.69, 9.17) is 0 Å². The number of hydrogen-bond acceptors (Lipinski definition) is 3. The summed E-state index contributed by atoms with van der Waals surface area (Å²) in [6.07, 6.45) is 0. The SMILES string of the molecule is C=CS(=O)(=O)Nc1ccc(Br)cc1O. The Morgan fingerprint density at radius 3 is 2.64 bits per heavy atom. The molecule has 0 aliphatic carbocycles. The van der Waals surface area contributed by atoms with Crippen molar-refractivity contribution in [3.63, 3.8) is 0 Å². The summed E-state index contributed by atoms with van der Waals surface area (Å²) in [6.45, 7) is 3.13. The van der Waals surface area contributed by atoms with E-state index in [-0.39, 0.29) is 11.4 Å². The van der Waals surface area contributed by atoms with Gasteiger partial charge in [0.05, 0.1) is 5.69 Å². The van der Waals surface area contributed by atoms with Crippen LogP contribution in [0.1, 0.15) is 0 Å². The minimum Gasteiger partial charge on any atom is -0.506 e. The van der Waals surface area contributed by atoms with Crippen molar-refractivity contribution in [2.75, 3.05) is 4.72 Å². The van der Waals surface area contributed by atoms with E-state index < -0.39 is 10.0 Å². The Bertz CT molecular complexity index is 456. The van der Waals surface area contributed by atoms with Gasteiger partial charge in [-0.25, -0.2) is 8.42 Å². The third-order valence-corrected chi connectivity index (χ3v) is 2.87. The minimum absolute atomic E-state index is 0.119. The Kier molecular flexibility index (Phi) is 3.17. The van der Waals surface area contributed by atoms with Crippen LogP contribution in [0.15, 0.2) is 34.7 Å². The molecule has 4 nitrogen and oxygen atoms in total. The van der Waals surface area contributed by atoms with Crippen LogP contribution in [0.25, 0.3) is 0 Å². The van der Waals surface area contributed by atoms with Gasteiger partial charge < -0.3 is 5.11 Å². The lowest BCUT2D eigenvalue weighted by atomic mass is 10.3. The number of sulfonamides is 1. The van der Waals surface area contributed by atoms with E-state index >= 15 is 0 Å². The second-order valence-electron chi connectivity index (χ2n) is 2.48. The molecule has 0 saturated carbocycles. The fourth-order valence-electron chi connectivity index (χ4n) is 0.786. The quantitative estimate of drug-likeness (QED) is 0.831. The van der Waals surface area contributed by atoms with Crippen molar-refractivity contribution in [1.82, 2.24) is 0 Å². The third-order valence-electron chi connectivity index (χ3n) is 1.43. The summed E-state index contributed by atoms with van der Waals surface area (Å²) >= 11 is 3.14. The van der Waals surface area contributed by atoms with Gasteiger partial charge >= 0.3 is 0 Å². The molecule has 1 rings (SSSR count). The number of aromatic hydroxyl groups is 1. The molecule has 0 unspecified atom stereocenters. The van der Waals surface area contributed by atoms with Crippen LogP contribution in [-0.2, 0) is 10.0 Å². The molecule has 0 aliphatic heterocycles. The van der Waals surface area contributed by atoms with Gasteiger partial charge in [0.2, 0.25) is 0 Å². The highest BCUT2D eigenvalue weighted by atomic mass is 79.9. The highest BCUT2D eigenvalue weighted by Crippen LogP contribution is 2.27. The van der Waals surface area contributed by atoms with Crippen molar-refractivity contribution in [1.29, 1.82) is 0 Å². The van der Waals surface area contributed by atoms with Gasteiger partial charge in [-0.05, 0) is 18.2 Å². The highest BCUT2D eigenvalue weighted by Gasteiger charge is 2.08. The molecular formula is C8H8BrNO3S. The van der Waals surface area contributed by atoms with Crippen LogP contribution in [0.5, 0.6) is 5.75 Å². The van der Waals surface area contributed by atoms with Crippen LogP contribution in [-0.4, -0.2) is 13.5 Å². The number of halogens is 1. The van der Waals surface area contributed by atoms with E-state index in [9.17, 15) is 13.5 Å². The predicted molar refractivity (Wildman–Crippen MR) is 58.5 cm³/mol. The van der Waals surface area contributed by atoms with E-state index in [1.807, 2.05) is 0 Å². The Labute approximate surface area is 90.4 Å². The van der Waals surface area contributed by atoms with Crippen molar-refractivity contribution < 1.29 is 13.5 Å². The molecule has 0 bridgehead atoms. The molecule has 0 fully saturated rings. The maximum Gasteiger partial charge on any atom is 0.254 e. The lowest BCUT2D eigenvalue weighted by Crippen LogP contribution is -2.08. The zero-order valence-corrected chi connectivity index (χ0v) is 9.47. The number of phenolic OH excluding ortho intramolecular Hbond substituents is 1. The van der Waals surface area contributed by atoms with Gasteiger partial charge in [0.1, 0.15) is 5.75 Å². The van der Waals surface area contributed by atoms with Crippen molar-refractivity contribution >= 4 is 31.6 Å². The van der Waals surface area contributed by atoms with Gasteiger partial charge in [0.15, 0.2) is 0 Å². The highest BCUT2D eigenvalue weighted by molar-refractivity contribution is 9.10. The summed E-state index contributed by atoms with van der Waals surface area (Å²) in [5.41, 5.74) is 0.119. The van der Waals surface area contributed by atoms with Gasteiger partial charge in [-0.2, -0.15) is 0 Å². The van der Waals surface area contributed by atoms with Crippen LogP contribution in [0.4, 0.5) is 5.69 Å². The molecule has 76 valence electrons. The number of nitrogens with one attached hydrogen (secondary N) is 1. The number of anilines is 1. The molecule has 6 heteroatoms. The van der Waals surface area contributed by atoms with Gasteiger partial charge in [0.25, 0.3) is 10.0 Å². The standard InChI is InChI=1S/C8H8BrNO3S/c1-2-14(12,13)10-7-4-3-6(9)5-8(7)11/h2-5,10-11H,1H2. The number of hydrogen-bond donors (Lipinski definition) is 2. The van der Waals surface area contributed by atoms with Crippen molar-refractivity contribution in [2.45, 2.75) is 0 Å². The molecule has 0 atom stereocenters. The summed E-state index contributed by atoms with van der Waals surface area (Å²) in [4.78, 5) is 0. The Morgan fingerprint density at radius 1 is 1.50 bits per heavy atom. The fraction of sp³-hybridized carbons (Fsp3) is 0. The molecule has 0 spiro atoms. The van der Waals surface area contributed by atoms with Gasteiger partial charge in [-0.1, -0.05) is 22.5 Å². The van der Waals surface area contributed by atoms with E-state index in [0.29, 0.717) is 4.47 Å². The van der Waals surface area contributed by atoms with Crippen LogP contribution in [0.3, 0.4) is 0 Å². The molecule has 1 aromatic rings. The third kappa shape index (κ3) is 2.74. The van der Waals surface area contributed by atoms with E-state index in [2.05, 4.69) is 27.2 Å². The summed E-state index contributed by atoms with van der Waals surface area (Å²) in [7, 11) is -3.57. The fourth-order valence-corrected chi connectivity index (χ4v) is 1.70. The van der Waals surface area contributed by atoms with Gasteiger partial charge in [-0.3, -0.25) is 4.72 Å². The Morgan fingerprint density at radius 2 is 2.14 bits per heavy atom. The first-order chi connectivity index (χ1) is 6.44. The van der Waals surface area contributed by atoms with Crippen molar-refractivity contribution in [3.05, 3.63) is 34.7 Å². The second kappa shape index (κ2) is 4.02. The van der Waals surface area contributed by atoms with E-state index in [1.54, 1.807) is 6.07 Å². The minimum atomic E-state index is -3.57. The van der Waals surface area contributed by atoms with E-state index in [1.165, 1.54) is 12.1 Å². The van der Waals surface area contributed by atoms with Crippen LogP contribution in [0.2, 0.25) is 0 Å². The smallest absolute Gasteiger partial charge is 0.254 e. The summed E-state index contributed by atoms with van der Waals surface area (Å²) in [5, 5.41) is 10.1. The van der Waals surface area contributed by atoms with Crippen molar-refractivity contribution in [3.8, 4) is 5.75 Å². The molecule has 0 heterocycles. The van der Waals surface area contributed by atoms with Crippen LogP contribution in [0, 0.1) is 0 Å². The van der Waals surface area contributed by atoms with E-state index in [0.717, 1.165) is 5.41 Å². The molecule has 2 N–H and O–H groups in total. The molecule has 1 aromatic carbocycles. The maximum atomic E-state index is 11.1. The molecular weight excluding hydrogens is 270 g/mol. The predicted octanol–water partition coefficient (Wildman–Crippen LogP) is 2.04. The average Bonchev–Trinajstić information content (AvgIpc) is 2.10. The summed E-state index contributed by atoms with van der Waals surface area (Å²) in [5.74, 6) is -0.148. The molecule has 0 aliphatic rings. The zero-order chi connectivity index (χ0) is 10.8. The lowest BCUT2D eigenvalue weighted by Gasteiger charge is -2.06. The molecule has 14 heavy (non-hydrogen) atoms. The summed E-state index contributed by atoms with van der Waals surface area (Å²) in [6, 6.07) is 4.45. The largest absolute Gasteiger partial charge is 0.506 e. The zero-order valence-electron chi connectivity index (χ0n) is 7.07. The monoisotopic (exact) mass is 277 g/mol. The first kappa shape index (κ1) is 11.1. The lowest BCUT2D eigenvalue weighted by molar-refractivity contribution is 0.477. The van der Waals surface area contributed by atoms with Crippen LogP contribution >= 0.6 is 15.9 Å². The number of rotatable bonds is 3. The number of phenols is 1. The molecule has 0 aromatic heterocycles. The van der Waals surface area contributed by atoms with Crippen molar-refractivity contribution in [2.24, 2.45) is 0 Å². The maximum absolute atomic E-state index is 11.1. The van der Waals surface area contributed by atoms with Gasteiger partial charge in [-0.15, -0.1) is 0 Å². The summed E-state index contributed by atoms with van der Waals surface area (Å²) < 4.78 is 24.9. The topological polar surface area (TPSA) is 66.4 Å². The molecule has 0 radical (unpaired) electrons. The Hall–Kier alpha value is -1.01. The van der Waals surface area contributed by atoms with Crippen LogP contribution < -0.4 is 4.72 Å². The number of benzene rings is 1. The normalized spacial score (nSPS) is 10.9. The van der Waals surface area contributed by atoms with Gasteiger partial charge in [0, 0.05) is 9.88 Å². The first-order valence-electron chi connectivity index (χ1n) is 3.58. The molecule has 0 amide bonds. The molecule has 0 saturated heterocycles. The average molecular weight is 278 g/mol. The second-order valence-corrected chi connectivity index (χ2v) is 5.02. The first-order valence-corrected chi connectivity index (χ1v) is 5.92. The Balaban J connectivity index is 3.05.